The molecule has 0 aliphatic carbocycles. The zero-order valence-corrected chi connectivity index (χ0v) is 20.5. The van der Waals surface area contributed by atoms with Crippen LogP contribution in [0.25, 0.3) is 16.0 Å². The van der Waals surface area contributed by atoms with E-state index in [0.29, 0.717) is 11.6 Å². The van der Waals surface area contributed by atoms with Gasteiger partial charge < -0.3 is 10.2 Å². The van der Waals surface area contributed by atoms with Crippen molar-refractivity contribution < 1.29 is 4.79 Å². The topological polar surface area (TPSA) is 63.1 Å². The van der Waals surface area contributed by atoms with Gasteiger partial charge in [0.05, 0.1) is 22.0 Å². The molecule has 1 unspecified atom stereocenters. The van der Waals surface area contributed by atoms with Crippen LogP contribution in [0.15, 0.2) is 42.5 Å². The van der Waals surface area contributed by atoms with Crippen molar-refractivity contribution in [3.63, 3.8) is 0 Å². The number of rotatable bonds is 4. The molecule has 1 aliphatic rings. The second-order valence-corrected chi connectivity index (χ2v) is 10.1. The number of fused-ring (bicyclic) bond motifs is 1. The fourth-order valence-corrected chi connectivity index (χ4v) is 5.41. The average molecular weight is 480 g/mol. The third-order valence-electron chi connectivity index (χ3n) is 6.16. The molecule has 1 amide bonds. The van der Waals surface area contributed by atoms with Crippen LogP contribution in [0.2, 0.25) is 5.02 Å². The molecule has 8 heteroatoms. The molecule has 6 nitrogen and oxygen atoms in total. The van der Waals surface area contributed by atoms with Gasteiger partial charge in [-0.15, -0.1) is 0 Å². The van der Waals surface area contributed by atoms with E-state index >= 15 is 0 Å². The highest BCUT2D eigenvalue weighted by molar-refractivity contribution is 7.22. The number of thiazole rings is 1. The molecule has 2 aromatic carbocycles. The molecule has 2 aromatic heterocycles. The summed E-state index contributed by atoms with van der Waals surface area (Å²) in [4.78, 5) is 20.2. The molecule has 1 saturated heterocycles. The number of benzene rings is 2. The van der Waals surface area contributed by atoms with Crippen LogP contribution >= 0.6 is 22.9 Å². The van der Waals surface area contributed by atoms with Gasteiger partial charge >= 0.3 is 0 Å². The summed E-state index contributed by atoms with van der Waals surface area (Å²) in [7, 11) is 0. The monoisotopic (exact) mass is 479 g/mol. The second-order valence-electron chi connectivity index (χ2n) is 8.72. The number of aryl methyl sites for hydroxylation is 3. The number of aromatic nitrogens is 3. The van der Waals surface area contributed by atoms with E-state index in [1.165, 1.54) is 5.56 Å². The van der Waals surface area contributed by atoms with E-state index in [2.05, 4.69) is 41.4 Å². The molecule has 0 saturated carbocycles. The standard InChI is InChI=1S/C25H26ClN5OS/c1-15-6-10-20(11-7-15)31-23-22(17(3)29-31)33-25(28-23)30-12-4-5-18(14-30)24(32)27-19-9-8-16(2)21(26)13-19/h6-11,13,18H,4-5,12,14H2,1-3H3,(H,27,32). The zero-order chi connectivity index (χ0) is 23.1. The summed E-state index contributed by atoms with van der Waals surface area (Å²) in [5.41, 5.74) is 5.79. The quantitative estimate of drug-likeness (QED) is 0.395. The number of carbonyl (C=O) groups is 1. The lowest BCUT2D eigenvalue weighted by Crippen LogP contribution is -2.40. The summed E-state index contributed by atoms with van der Waals surface area (Å²) in [6.07, 6.45) is 1.81. The minimum absolute atomic E-state index is 0.0303. The number of halogens is 1. The van der Waals surface area contributed by atoms with Crippen molar-refractivity contribution in [2.45, 2.75) is 33.6 Å². The van der Waals surface area contributed by atoms with Crippen molar-refractivity contribution in [2.24, 2.45) is 5.92 Å². The van der Waals surface area contributed by atoms with Crippen molar-refractivity contribution in [1.82, 2.24) is 14.8 Å². The Morgan fingerprint density at radius 3 is 2.70 bits per heavy atom. The Morgan fingerprint density at radius 2 is 1.94 bits per heavy atom. The lowest BCUT2D eigenvalue weighted by molar-refractivity contribution is -0.120. The van der Waals surface area contributed by atoms with Gasteiger partial charge in [-0.2, -0.15) is 10.1 Å². The van der Waals surface area contributed by atoms with Gasteiger partial charge in [-0.3, -0.25) is 4.79 Å². The predicted molar refractivity (Wildman–Crippen MR) is 136 cm³/mol. The lowest BCUT2D eigenvalue weighted by atomic mass is 9.97. The number of hydrogen-bond acceptors (Lipinski definition) is 5. The van der Waals surface area contributed by atoms with Gasteiger partial charge in [-0.1, -0.05) is 46.7 Å². The predicted octanol–water partition coefficient (Wildman–Crippen LogP) is 5.92. The Morgan fingerprint density at radius 1 is 1.15 bits per heavy atom. The molecule has 33 heavy (non-hydrogen) atoms. The first-order valence-electron chi connectivity index (χ1n) is 11.1. The first kappa shape index (κ1) is 21.9. The summed E-state index contributed by atoms with van der Waals surface area (Å²) in [5, 5.41) is 9.35. The first-order chi connectivity index (χ1) is 15.9. The fourth-order valence-electron chi connectivity index (χ4n) is 4.20. The Bertz CT molecular complexity index is 1330. The highest BCUT2D eigenvalue weighted by Crippen LogP contribution is 2.34. The van der Waals surface area contributed by atoms with Crippen molar-refractivity contribution in [3.8, 4) is 5.69 Å². The molecule has 1 atom stereocenters. The first-order valence-corrected chi connectivity index (χ1v) is 12.3. The van der Waals surface area contributed by atoms with Gasteiger partial charge in [-0.25, -0.2) is 4.68 Å². The number of piperidine rings is 1. The molecule has 1 aliphatic heterocycles. The molecule has 0 bridgehead atoms. The Labute approximate surface area is 202 Å². The Balaban J connectivity index is 1.36. The molecular formula is C25H26ClN5OS. The maximum absolute atomic E-state index is 13.0. The van der Waals surface area contributed by atoms with E-state index in [0.717, 1.165) is 57.5 Å². The number of hydrogen-bond donors (Lipinski definition) is 1. The van der Waals surface area contributed by atoms with E-state index in [-0.39, 0.29) is 11.8 Å². The Hall–Kier alpha value is -2.90. The average Bonchev–Trinajstić information content (AvgIpc) is 3.38. The number of nitrogens with zero attached hydrogens (tertiary/aromatic N) is 4. The van der Waals surface area contributed by atoms with E-state index < -0.39 is 0 Å². The van der Waals surface area contributed by atoms with Crippen LogP contribution in [-0.2, 0) is 4.79 Å². The van der Waals surface area contributed by atoms with Gasteiger partial charge in [0.1, 0.15) is 0 Å². The number of carbonyl (C=O) groups excluding carboxylic acids is 1. The van der Waals surface area contributed by atoms with Crippen LogP contribution < -0.4 is 10.2 Å². The van der Waals surface area contributed by atoms with E-state index in [1.807, 2.05) is 36.7 Å². The summed E-state index contributed by atoms with van der Waals surface area (Å²) in [6, 6.07) is 13.9. The summed E-state index contributed by atoms with van der Waals surface area (Å²) in [6.45, 7) is 7.59. The van der Waals surface area contributed by atoms with Gasteiger partial charge in [-0.05, 0) is 63.4 Å². The highest BCUT2D eigenvalue weighted by atomic mass is 35.5. The summed E-state index contributed by atoms with van der Waals surface area (Å²) < 4.78 is 3.01. The largest absolute Gasteiger partial charge is 0.347 e. The zero-order valence-electron chi connectivity index (χ0n) is 18.9. The van der Waals surface area contributed by atoms with Crippen molar-refractivity contribution >= 4 is 50.0 Å². The van der Waals surface area contributed by atoms with Crippen LogP contribution in [0.1, 0.15) is 29.7 Å². The molecule has 170 valence electrons. The van der Waals surface area contributed by atoms with Crippen LogP contribution in [0.5, 0.6) is 0 Å². The molecule has 5 rings (SSSR count). The second kappa shape index (κ2) is 8.80. The minimum atomic E-state index is -0.0967. The maximum atomic E-state index is 13.0. The highest BCUT2D eigenvalue weighted by Gasteiger charge is 2.28. The molecule has 1 N–H and O–H groups in total. The molecule has 0 radical (unpaired) electrons. The minimum Gasteiger partial charge on any atom is -0.347 e. The SMILES string of the molecule is Cc1ccc(-n2nc(C)c3sc(N4CCCC(C(=O)Nc5ccc(C)c(Cl)c5)C4)nc32)cc1. The molecule has 3 heterocycles. The molecular weight excluding hydrogens is 454 g/mol. The van der Waals surface area contributed by atoms with Gasteiger partial charge in [0.25, 0.3) is 0 Å². The van der Waals surface area contributed by atoms with E-state index in [1.54, 1.807) is 11.3 Å². The van der Waals surface area contributed by atoms with Crippen LogP contribution in [0.4, 0.5) is 10.8 Å². The van der Waals surface area contributed by atoms with E-state index in [9.17, 15) is 4.79 Å². The lowest BCUT2D eigenvalue weighted by Gasteiger charge is -2.31. The maximum Gasteiger partial charge on any atom is 0.229 e. The van der Waals surface area contributed by atoms with Crippen LogP contribution in [-0.4, -0.2) is 33.8 Å². The van der Waals surface area contributed by atoms with Gasteiger partial charge in [0.2, 0.25) is 5.91 Å². The number of amides is 1. The summed E-state index contributed by atoms with van der Waals surface area (Å²) >= 11 is 7.87. The number of nitrogens with one attached hydrogen (secondary N) is 1. The molecule has 1 fully saturated rings. The van der Waals surface area contributed by atoms with Crippen molar-refractivity contribution in [1.29, 1.82) is 0 Å². The van der Waals surface area contributed by atoms with Gasteiger partial charge in [0, 0.05) is 23.8 Å². The van der Waals surface area contributed by atoms with Crippen molar-refractivity contribution in [3.05, 3.63) is 64.3 Å². The third kappa shape index (κ3) is 4.35. The number of anilines is 2. The fraction of sp³-hybridized carbons (Fsp3) is 0.320. The van der Waals surface area contributed by atoms with Crippen LogP contribution in [0.3, 0.4) is 0 Å². The molecule has 4 aromatic rings. The third-order valence-corrected chi connectivity index (χ3v) is 7.78. The van der Waals surface area contributed by atoms with E-state index in [4.69, 9.17) is 21.7 Å². The smallest absolute Gasteiger partial charge is 0.229 e. The normalized spacial score (nSPS) is 16.4. The van der Waals surface area contributed by atoms with Crippen LogP contribution in [0, 0.1) is 26.7 Å². The van der Waals surface area contributed by atoms with Gasteiger partial charge in [0.15, 0.2) is 10.8 Å². The Kier molecular flexibility index (Phi) is 5.85. The van der Waals surface area contributed by atoms with Crippen molar-refractivity contribution in [2.75, 3.05) is 23.3 Å². The summed E-state index contributed by atoms with van der Waals surface area (Å²) in [5.74, 6) is -0.0664. The molecule has 0 spiro atoms.